The van der Waals surface area contributed by atoms with Gasteiger partial charge in [-0.05, 0) is 43.2 Å². The van der Waals surface area contributed by atoms with Gasteiger partial charge in [-0.3, -0.25) is 4.79 Å². The molecule has 0 aliphatic heterocycles. The number of amides is 1. The molecule has 0 aliphatic rings. The van der Waals surface area contributed by atoms with Crippen molar-refractivity contribution in [3.8, 4) is 0 Å². The molecular weight excluding hydrogens is 284 g/mol. The molecular formula is C17H19ClN2O. The number of rotatable bonds is 5. The normalized spacial score (nSPS) is 10.2. The second-order valence-corrected chi connectivity index (χ2v) is 5.36. The summed E-state index contributed by atoms with van der Waals surface area (Å²) in [6, 6.07) is 13.5. The Bertz CT molecular complexity index is 640. The Labute approximate surface area is 130 Å². The summed E-state index contributed by atoms with van der Waals surface area (Å²) in [6.45, 7) is 4.53. The number of hydrogen-bond acceptors (Lipinski definition) is 2. The van der Waals surface area contributed by atoms with E-state index in [1.165, 1.54) is 5.56 Å². The zero-order valence-electron chi connectivity index (χ0n) is 12.2. The number of hydrogen-bond donors (Lipinski definition) is 2. The second kappa shape index (κ2) is 7.14. The van der Waals surface area contributed by atoms with Crippen LogP contribution in [0.15, 0.2) is 42.5 Å². The Morgan fingerprint density at radius 2 is 1.76 bits per heavy atom. The van der Waals surface area contributed by atoms with Crippen molar-refractivity contribution >= 4 is 28.9 Å². The smallest absolute Gasteiger partial charge is 0.226 e. The molecule has 0 spiro atoms. The van der Waals surface area contributed by atoms with Crippen LogP contribution in [0.25, 0.3) is 0 Å². The first-order valence-electron chi connectivity index (χ1n) is 6.92. The third-order valence-electron chi connectivity index (χ3n) is 3.35. The lowest BCUT2D eigenvalue weighted by Gasteiger charge is -2.11. The minimum absolute atomic E-state index is 0.0264. The summed E-state index contributed by atoms with van der Waals surface area (Å²) in [5.74, 6) is -0.0264. The molecule has 0 atom stereocenters. The molecule has 2 aromatic carbocycles. The van der Waals surface area contributed by atoms with Crippen LogP contribution >= 0.6 is 11.6 Å². The molecule has 2 rings (SSSR count). The van der Waals surface area contributed by atoms with E-state index in [0.29, 0.717) is 18.0 Å². The number of halogens is 1. The fraction of sp³-hybridized carbons (Fsp3) is 0.235. The van der Waals surface area contributed by atoms with Crippen LogP contribution in [0.1, 0.15) is 17.5 Å². The molecule has 0 aromatic heterocycles. The van der Waals surface area contributed by atoms with Crippen molar-refractivity contribution in [2.24, 2.45) is 0 Å². The molecule has 21 heavy (non-hydrogen) atoms. The zero-order valence-corrected chi connectivity index (χ0v) is 13.0. The molecule has 0 radical (unpaired) electrons. The number of benzene rings is 2. The quantitative estimate of drug-likeness (QED) is 0.859. The fourth-order valence-electron chi connectivity index (χ4n) is 2.04. The summed E-state index contributed by atoms with van der Waals surface area (Å²) in [5, 5.41) is 6.82. The summed E-state index contributed by atoms with van der Waals surface area (Å²) in [5.41, 5.74) is 3.88. The van der Waals surface area contributed by atoms with E-state index < -0.39 is 0 Å². The van der Waals surface area contributed by atoms with E-state index in [4.69, 9.17) is 11.6 Å². The van der Waals surface area contributed by atoms with Gasteiger partial charge in [0.25, 0.3) is 0 Å². The van der Waals surface area contributed by atoms with Crippen molar-refractivity contribution < 1.29 is 4.79 Å². The van der Waals surface area contributed by atoms with Crippen molar-refractivity contribution in [3.05, 3.63) is 58.6 Å². The molecule has 0 fully saturated rings. The van der Waals surface area contributed by atoms with Crippen LogP contribution < -0.4 is 10.6 Å². The molecule has 0 aliphatic carbocycles. The van der Waals surface area contributed by atoms with E-state index >= 15 is 0 Å². The molecule has 0 bridgehead atoms. The van der Waals surface area contributed by atoms with Crippen molar-refractivity contribution in [2.45, 2.75) is 20.3 Å². The maximum atomic E-state index is 12.0. The zero-order chi connectivity index (χ0) is 15.2. The van der Waals surface area contributed by atoms with Gasteiger partial charge in [0.15, 0.2) is 0 Å². The van der Waals surface area contributed by atoms with Gasteiger partial charge in [-0.2, -0.15) is 0 Å². The minimum atomic E-state index is -0.0264. The molecule has 4 heteroatoms. The number of carbonyl (C=O) groups is 1. The van der Waals surface area contributed by atoms with Gasteiger partial charge in [0.2, 0.25) is 5.91 Å². The van der Waals surface area contributed by atoms with Crippen LogP contribution in [0.3, 0.4) is 0 Å². The van der Waals surface area contributed by atoms with Crippen molar-refractivity contribution in [2.75, 3.05) is 17.2 Å². The van der Waals surface area contributed by atoms with E-state index in [1.807, 2.05) is 56.3 Å². The molecule has 2 N–H and O–H groups in total. The van der Waals surface area contributed by atoms with E-state index in [1.54, 1.807) is 0 Å². The van der Waals surface area contributed by atoms with Gasteiger partial charge >= 0.3 is 0 Å². The second-order valence-electron chi connectivity index (χ2n) is 4.95. The first-order chi connectivity index (χ1) is 10.1. The van der Waals surface area contributed by atoms with E-state index in [-0.39, 0.29) is 5.91 Å². The van der Waals surface area contributed by atoms with Gasteiger partial charge in [-0.1, -0.05) is 35.9 Å². The largest absolute Gasteiger partial charge is 0.384 e. The molecule has 0 saturated carbocycles. The Morgan fingerprint density at radius 1 is 1.05 bits per heavy atom. The van der Waals surface area contributed by atoms with E-state index in [0.717, 1.165) is 16.9 Å². The molecule has 0 heterocycles. The van der Waals surface area contributed by atoms with Crippen LogP contribution in [0.5, 0.6) is 0 Å². The number of aryl methyl sites for hydroxylation is 1. The fourth-order valence-corrected chi connectivity index (χ4v) is 2.21. The molecule has 110 valence electrons. The summed E-state index contributed by atoms with van der Waals surface area (Å²) in [7, 11) is 0. The van der Waals surface area contributed by atoms with Crippen LogP contribution in [0, 0.1) is 13.8 Å². The van der Waals surface area contributed by atoms with Crippen LogP contribution in [0.4, 0.5) is 11.4 Å². The van der Waals surface area contributed by atoms with Gasteiger partial charge in [-0.15, -0.1) is 0 Å². The Balaban J connectivity index is 1.85. The van der Waals surface area contributed by atoms with Crippen molar-refractivity contribution in [1.29, 1.82) is 0 Å². The predicted molar refractivity (Wildman–Crippen MR) is 89.1 cm³/mol. The Hall–Kier alpha value is -2.00. The number of anilines is 2. The lowest BCUT2D eigenvalue weighted by Crippen LogP contribution is -2.17. The average molecular weight is 303 g/mol. The van der Waals surface area contributed by atoms with E-state index in [9.17, 15) is 4.79 Å². The Morgan fingerprint density at radius 3 is 2.52 bits per heavy atom. The van der Waals surface area contributed by atoms with Gasteiger partial charge in [0.05, 0.1) is 0 Å². The summed E-state index contributed by atoms with van der Waals surface area (Å²) < 4.78 is 0. The highest BCUT2D eigenvalue weighted by Gasteiger charge is 2.06. The lowest BCUT2D eigenvalue weighted by atomic mass is 10.2. The topological polar surface area (TPSA) is 41.1 Å². The van der Waals surface area contributed by atoms with Gasteiger partial charge in [0, 0.05) is 29.4 Å². The molecule has 0 saturated heterocycles. The predicted octanol–water partition coefficient (Wildman–Crippen LogP) is 4.40. The molecule has 2 aromatic rings. The van der Waals surface area contributed by atoms with Crippen LogP contribution in [-0.4, -0.2) is 12.5 Å². The van der Waals surface area contributed by atoms with Gasteiger partial charge < -0.3 is 10.6 Å². The van der Waals surface area contributed by atoms with Crippen LogP contribution in [-0.2, 0) is 4.79 Å². The van der Waals surface area contributed by atoms with Gasteiger partial charge in [-0.25, -0.2) is 0 Å². The lowest BCUT2D eigenvalue weighted by molar-refractivity contribution is -0.115. The standard InChI is InChI=1S/C17H19ClN2O/c1-12-6-3-4-8-15(12)19-11-10-17(21)20-16-9-5-7-14(18)13(16)2/h3-9,19H,10-11H2,1-2H3,(H,20,21). The third-order valence-corrected chi connectivity index (χ3v) is 3.76. The van der Waals surface area contributed by atoms with Crippen LogP contribution in [0.2, 0.25) is 5.02 Å². The number of para-hydroxylation sites is 1. The van der Waals surface area contributed by atoms with E-state index in [2.05, 4.69) is 10.6 Å². The highest BCUT2D eigenvalue weighted by molar-refractivity contribution is 6.31. The maximum absolute atomic E-state index is 12.0. The third kappa shape index (κ3) is 4.23. The first kappa shape index (κ1) is 15.4. The molecule has 0 unspecified atom stereocenters. The first-order valence-corrected chi connectivity index (χ1v) is 7.30. The van der Waals surface area contributed by atoms with Gasteiger partial charge in [0.1, 0.15) is 0 Å². The average Bonchev–Trinajstić information content (AvgIpc) is 2.46. The highest BCUT2D eigenvalue weighted by atomic mass is 35.5. The minimum Gasteiger partial charge on any atom is -0.384 e. The number of nitrogens with one attached hydrogen (secondary N) is 2. The summed E-state index contributed by atoms with van der Waals surface area (Å²) in [4.78, 5) is 12.0. The molecule has 1 amide bonds. The van der Waals surface area contributed by atoms with Crippen molar-refractivity contribution in [3.63, 3.8) is 0 Å². The Kier molecular flexibility index (Phi) is 5.23. The maximum Gasteiger partial charge on any atom is 0.226 e. The van der Waals surface area contributed by atoms with Crippen molar-refractivity contribution in [1.82, 2.24) is 0 Å². The summed E-state index contributed by atoms with van der Waals surface area (Å²) >= 11 is 6.04. The SMILES string of the molecule is Cc1ccccc1NCCC(=O)Nc1cccc(Cl)c1C. The summed E-state index contributed by atoms with van der Waals surface area (Å²) in [6.07, 6.45) is 0.403. The monoisotopic (exact) mass is 302 g/mol. The highest BCUT2D eigenvalue weighted by Crippen LogP contribution is 2.23. The molecule has 3 nitrogen and oxygen atoms in total. The number of carbonyl (C=O) groups excluding carboxylic acids is 1.